The number of nitrogens with two attached hydrogens (primary N) is 1. The third-order valence-corrected chi connectivity index (χ3v) is 3.42. The molecule has 1 rings (SSSR count). The summed E-state index contributed by atoms with van der Waals surface area (Å²) in [6.45, 7) is 9.44. The minimum absolute atomic E-state index is 0.0413. The molecule has 1 fully saturated rings. The van der Waals surface area contributed by atoms with Crippen LogP contribution >= 0.6 is 0 Å². The van der Waals surface area contributed by atoms with E-state index in [2.05, 4.69) is 5.32 Å². The van der Waals surface area contributed by atoms with Gasteiger partial charge < -0.3 is 19.9 Å². The predicted octanol–water partition coefficient (Wildman–Crippen LogP) is 1.27. The first-order chi connectivity index (χ1) is 12.2. The molecule has 1 aliphatic heterocycles. The van der Waals surface area contributed by atoms with Gasteiger partial charge in [-0.05, 0) is 60.9 Å². The van der Waals surface area contributed by atoms with Crippen LogP contribution in [0.25, 0.3) is 0 Å². The number of hydrogen-bond donors (Lipinski definition) is 2. The summed E-state index contributed by atoms with van der Waals surface area (Å²) < 4.78 is 15.0. The highest BCUT2D eigenvalue weighted by atomic mass is 16.7. The second-order valence-electron chi connectivity index (χ2n) is 8.16. The Kier molecular flexibility index (Phi) is 6.95. The van der Waals surface area contributed by atoms with Crippen LogP contribution in [0.5, 0.6) is 0 Å². The lowest BCUT2D eigenvalue weighted by atomic mass is 10.1. The van der Waals surface area contributed by atoms with Crippen LogP contribution in [0.2, 0.25) is 0 Å². The minimum Gasteiger partial charge on any atom is -0.443 e. The molecule has 10 nitrogen and oxygen atoms in total. The number of nitrogens with zero attached hydrogens (tertiary/aromatic N) is 1. The lowest BCUT2D eigenvalue weighted by Gasteiger charge is -2.37. The normalized spacial score (nSPS) is 20.0. The van der Waals surface area contributed by atoms with Crippen molar-refractivity contribution in [2.24, 2.45) is 5.73 Å². The molecule has 0 unspecified atom stereocenters. The summed E-state index contributed by atoms with van der Waals surface area (Å²) in [5.74, 6) is -1.98. The van der Waals surface area contributed by atoms with Gasteiger partial charge in [-0.2, -0.15) is 0 Å². The van der Waals surface area contributed by atoms with Gasteiger partial charge >= 0.3 is 18.2 Å². The monoisotopic (exact) mass is 387 g/mol. The van der Waals surface area contributed by atoms with Crippen molar-refractivity contribution in [3.05, 3.63) is 0 Å². The van der Waals surface area contributed by atoms with E-state index in [1.54, 1.807) is 41.5 Å². The number of nitrogens with one attached hydrogen (secondary N) is 1. The molecule has 0 aromatic carbocycles. The van der Waals surface area contributed by atoms with Crippen LogP contribution in [-0.2, 0) is 23.8 Å². The Hall–Kier alpha value is -2.20. The summed E-state index contributed by atoms with van der Waals surface area (Å²) >= 11 is 0. The predicted molar refractivity (Wildman–Crippen MR) is 94.4 cm³/mol. The van der Waals surface area contributed by atoms with E-state index in [1.165, 1.54) is 0 Å². The van der Waals surface area contributed by atoms with E-state index in [0.717, 1.165) is 0 Å². The molecule has 1 saturated heterocycles. The molecule has 0 bridgehead atoms. The van der Waals surface area contributed by atoms with Crippen molar-refractivity contribution >= 4 is 24.1 Å². The molecule has 0 aromatic heterocycles. The van der Waals surface area contributed by atoms with E-state index < -0.39 is 47.5 Å². The molecule has 154 valence electrons. The maximum Gasteiger partial charge on any atom is 0.516 e. The Bertz CT molecular complexity index is 599. The van der Waals surface area contributed by atoms with Crippen molar-refractivity contribution in [1.29, 1.82) is 0 Å². The van der Waals surface area contributed by atoms with Crippen molar-refractivity contribution in [1.82, 2.24) is 10.2 Å². The summed E-state index contributed by atoms with van der Waals surface area (Å²) in [5.41, 5.74) is 1.72. The topological polar surface area (TPSA) is 137 Å². The highest BCUT2D eigenvalue weighted by Gasteiger charge is 2.54. The largest absolute Gasteiger partial charge is 0.516 e. The molecule has 10 heteroatoms. The van der Waals surface area contributed by atoms with Crippen LogP contribution in [0.1, 0.15) is 54.4 Å². The highest BCUT2D eigenvalue weighted by molar-refractivity contribution is 6.01. The number of rotatable bonds is 3. The zero-order valence-electron chi connectivity index (χ0n) is 16.7. The van der Waals surface area contributed by atoms with Gasteiger partial charge in [0.1, 0.15) is 11.2 Å². The maximum atomic E-state index is 12.8. The minimum atomic E-state index is -1.89. The Labute approximate surface area is 158 Å². The zero-order valence-corrected chi connectivity index (χ0v) is 16.7. The van der Waals surface area contributed by atoms with Gasteiger partial charge in [0.05, 0.1) is 6.54 Å². The number of hydrogen-bond acceptors (Lipinski definition) is 9. The molecule has 1 heterocycles. The van der Waals surface area contributed by atoms with Crippen LogP contribution in [-0.4, -0.2) is 59.0 Å². The lowest BCUT2D eigenvalue weighted by Crippen LogP contribution is -2.67. The average molecular weight is 387 g/mol. The third kappa shape index (κ3) is 6.17. The van der Waals surface area contributed by atoms with Crippen molar-refractivity contribution < 1.29 is 33.4 Å². The smallest absolute Gasteiger partial charge is 0.443 e. The number of carbonyl (C=O) groups is 4. The van der Waals surface area contributed by atoms with Gasteiger partial charge in [-0.25, -0.2) is 19.3 Å². The molecule has 1 atom stereocenters. The Morgan fingerprint density at radius 1 is 1.04 bits per heavy atom. The summed E-state index contributed by atoms with van der Waals surface area (Å²) in [4.78, 5) is 50.3. The van der Waals surface area contributed by atoms with Crippen LogP contribution in [0.15, 0.2) is 0 Å². The van der Waals surface area contributed by atoms with Crippen molar-refractivity contribution in [3.8, 4) is 0 Å². The fourth-order valence-electron chi connectivity index (χ4n) is 2.48. The van der Waals surface area contributed by atoms with E-state index in [1.807, 2.05) is 0 Å². The Morgan fingerprint density at radius 2 is 1.59 bits per heavy atom. The van der Waals surface area contributed by atoms with Crippen LogP contribution in [0, 0.1) is 0 Å². The summed E-state index contributed by atoms with van der Waals surface area (Å²) in [6.07, 6.45) is -1.79. The summed E-state index contributed by atoms with van der Waals surface area (Å²) in [7, 11) is 0. The molecular formula is C17H29N3O7. The van der Waals surface area contributed by atoms with Gasteiger partial charge in [0.2, 0.25) is 11.6 Å². The Balaban J connectivity index is 3.18. The average Bonchev–Trinajstić information content (AvgIpc) is 2.93. The first-order valence-corrected chi connectivity index (χ1v) is 8.68. The summed E-state index contributed by atoms with van der Waals surface area (Å²) in [6, 6.07) is 0. The van der Waals surface area contributed by atoms with Crippen LogP contribution in [0.4, 0.5) is 9.59 Å². The number of amides is 2. The molecule has 27 heavy (non-hydrogen) atoms. The lowest BCUT2D eigenvalue weighted by molar-refractivity contribution is -0.162. The second kappa shape index (κ2) is 8.22. The van der Waals surface area contributed by atoms with Gasteiger partial charge in [-0.15, -0.1) is 0 Å². The van der Waals surface area contributed by atoms with Gasteiger partial charge in [-0.1, -0.05) is 0 Å². The molecule has 0 aliphatic carbocycles. The molecule has 0 spiro atoms. The summed E-state index contributed by atoms with van der Waals surface area (Å²) in [5, 5.41) is 2.79. The molecule has 2 amide bonds. The fourth-order valence-corrected chi connectivity index (χ4v) is 2.48. The van der Waals surface area contributed by atoms with E-state index in [-0.39, 0.29) is 6.42 Å². The standard InChI is InChI=1S/C17H29N3O7/c1-15(2,3)26-13(23)20(11(21)10-18)17(8-7-9-19-17)12(22)25-14(24)27-16(4,5)6/h19H,7-10,18H2,1-6H3/t17-/m1/s1. The van der Waals surface area contributed by atoms with Crippen molar-refractivity contribution in [2.75, 3.05) is 13.1 Å². The van der Waals surface area contributed by atoms with Crippen molar-refractivity contribution in [3.63, 3.8) is 0 Å². The molecular weight excluding hydrogens is 358 g/mol. The first-order valence-electron chi connectivity index (χ1n) is 8.68. The van der Waals surface area contributed by atoms with E-state index >= 15 is 0 Å². The van der Waals surface area contributed by atoms with Gasteiger partial charge in [0, 0.05) is 0 Å². The molecule has 1 aliphatic rings. The number of imide groups is 1. The number of carbonyl (C=O) groups excluding carboxylic acids is 4. The Morgan fingerprint density at radius 3 is 2.00 bits per heavy atom. The molecule has 0 radical (unpaired) electrons. The van der Waals surface area contributed by atoms with E-state index in [4.69, 9.17) is 19.9 Å². The first kappa shape index (κ1) is 22.8. The quantitative estimate of drug-likeness (QED) is 0.541. The van der Waals surface area contributed by atoms with Crippen molar-refractivity contribution in [2.45, 2.75) is 71.2 Å². The van der Waals surface area contributed by atoms with E-state index in [0.29, 0.717) is 17.9 Å². The maximum absolute atomic E-state index is 12.8. The number of esters is 1. The zero-order chi connectivity index (χ0) is 21.0. The highest BCUT2D eigenvalue weighted by Crippen LogP contribution is 2.28. The van der Waals surface area contributed by atoms with Gasteiger partial charge in [0.15, 0.2) is 0 Å². The number of ether oxygens (including phenoxy) is 3. The van der Waals surface area contributed by atoms with Crippen LogP contribution < -0.4 is 11.1 Å². The SMILES string of the molecule is CC(C)(C)OC(=O)OC(=O)[C@]1(N(C(=O)CN)C(=O)OC(C)(C)C)CCCN1. The van der Waals surface area contributed by atoms with E-state index in [9.17, 15) is 19.2 Å². The molecule has 0 saturated carbocycles. The third-order valence-electron chi connectivity index (χ3n) is 3.42. The van der Waals surface area contributed by atoms with Gasteiger partial charge in [-0.3, -0.25) is 10.1 Å². The molecule has 3 N–H and O–H groups in total. The fraction of sp³-hybridized carbons (Fsp3) is 0.765. The van der Waals surface area contributed by atoms with Crippen LogP contribution in [0.3, 0.4) is 0 Å². The van der Waals surface area contributed by atoms with Gasteiger partial charge in [0.25, 0.3) is 0 Å². The molecule has 0 aromatic rings. The second-order valence-corrected chi connectivity index (χ2v) is 8.16.